The zero-order valence-electron chi connectivity index (χ0n) is 17.5. The summed E-state index contributed by atoms with van der Waals surface area (Å²) in [4.78, 5) is 25.3. The van der Waals surface area contributed by atoms with Crippen LogP contribution in [0.5, 0.6) is 0 Å². The molecule has 1 aliphatic heterocycles. The van der Waals surface area contributed by atoms with E-state index in [1.54, 1.807) is 12.1 Å². The van der Waals surface area contributed by atoms with Gasteiger partial charge in [-0.1, -0.05) is 20.8 Å². The van der Waals surface area contributed by atoms with Crippen LogP contribution in [0.4, 0.5) is 16.0 Å². The van der Waals surface area contributed by atoms with E-state index in [4.69, 9.17) is 0 Å². The van der Waals surface area contributed by atoms with Crippen LogP contribution >= 0.6 is 0 Å². The largest absolute Gasteiger partial charge is 0.368 e. The Morgan fingerprint density at radius 2 is 1.73 bits per heavy atom. The van der Waals surface area contributed by atoms with Gasteiger partial charge in [-0.2, -0.15) is 10.1 Å². The van der Waals surface area contributed by atoms with E-state index in [1.165, 1.54) is 23.0 Å². The lowest BCUT2D eigenvalue weighted by atomic mass is 9.92. The van der Waals surface area contributed by atoms with Crippen LogP contribution in [0, 0.1) is 5.82 Å². The van der Waals surface area contributed by atoms with Crippen LogP contribution in [-0.4, -0.2) is 50.9 Å². The maximum atomic E-state index is 13.1. The number of aromatic nitrogens is 5. The fraction of sp³-hybridized carbons (Fsp3) is 0.429. The maximum absolute atomic E-state index is 13.1. The van der Waals surface area contributed by atoms with Crippen LogP contribution in [0.15, 0.2) is 41.5 Å². The highest BCUT2D eigenvalue weighted by Gasteiger charge is 2.21. The van der Waals surface area contributed by atoms with E-state index in [-0.39, 0.29) is 16.9 Å². The molecule has 3 aromatic rings. The average molecular weight is 411 g/mol. The molecular weight excluding hydrogens is 385 g/mol. The molecule has 9 heteroatoms. The zero-order chi connectivity index (χ0) is 21.3. The first-order valence-electron chi connectivity index (χ1n) is 10.0. The standard InChI is InChI=1S/C21H26FN7O/c1-21(2,3)18-12-16(25-26-18)13-29-14-23-19(24-20(29)30)28-10-8-27(9-11-28)17-6-4-15(22)5-7-17/h4-7,12,14H,8-11,13H2,1-3H3,(H,25,26). The number of H-pyrrole nitrogens is 1. The van der Waals surface area contributed by atoms with Crippen molar-refractivity contribution in [1.82, 2.24) is 24.7 Å². The molecule has 0 atom stereocenters. The Morgan fingerprint density at radius 3 is 2.33 bits per heavy atom. The van der Waals surface area contributed by atoms with Gasteiger partial charge in [-0.15, -0.1) is 0 Å². The fourth-order valence-corrected chi connectivity index (χ4v) is 3.44. The predicted octanol–water partition coefficient (Wildman–Crippen LogP) is 2.17. The molecule has 1 aromatic carbocycles. The number of anilines is 2. The van der Waals surface area contributed by atoms with E-state index >= 15 is 0 Å². The molecule has 3 heterocycles. The number of halogens is 1. The Hall–Kier alpha value is -3.23. The molecule has 30 heavy (non-hydrogen) atoms. The van der Waals surface area contributed by atoms with E-state index in [0.29, 0.717) is 25.6 Å². The third-order valence-corrected chi connectivity index (χ3v) is 5.25. The number of benzene rings is 1. The molecule has 1 fully saturated rings. The minimum absolute atomic E-state index is 0.0594. The molecule has 0 amide bonds. The number of aromatic amines is 1. The number of nitrogens with zero attached hydrogens (tertiary/aromatic N) is 6. The third-order valence-electron chi connectivity index (χ3n) is 5.25. The first-order valence-corrected chi connectivity index (χ1v) is 10.0. The van der Waals surface area contributed by atoms with Gasteiger partial charge in [0.15, 0.2) is 0 Å². The smallest absolute Gasteiger partial charge is 0.352 e. The molecule has 0 saturated carbocycles. The summed E-state index contributed by atoms with van der Waals surface area (Å²) in [7, 11) is 0. The minimum Gasteiger partial charge on any atom is -0.368 e. The first-order chi connectivity index (χ1) is 14.3. The van der Waals surface area contributed by atoms with Crippen molar-refractivity contribution in [3.63, 3.8) is 0 Å². The minimum atomic E-state index is -0.340. The van der Waals surface area contributed by atoms with Gasteiger partial charge < -0.3 is 9.80 Å². The summed E-state index contributed by atoms with van der Waals surface area (Å²) >= 11 is 0. The van der Waals surface area contributed by atoms with Crippen LogP contribution in [0.25, 0.3) is 0 Å². The lowest BCUT2D eigenvalue weighted by Crippen LogP contribution is -2.47. The van der Waals surface area contributed by atoms with Gasteiger partial charge in [0.05, 0.1) is 17.9 Å². The summed E-state index contributed by atoms with van der Waals surface area (Å²) in [5.41, 5.74) is 2.37. The quantitative estimate of drug-likeness (QED) is 0.709. The Labute approximate surface area is 174 Å². The second kappa shape index (κ2) is 7.89. The topological polar surface area (TPSA) is 82.9 Å². The predicted molar refractivity (Wildman–Crippen MR) is 114 cm³/mol. The second-order valence-electron chi connectivity index (χ2n) is 8.55. The maximum Gasteiger partial charge on any atom is 0.352 e. The summed E-state index contributed by atoms with van der Waals surface area (Å²) < 4.78 is 14.6. The molecule has 1 N–H and O–H groups in total. The number of piperazine rings is 1. The van der Waals surface area contributed by atoms with Gasteiger partial charge in [-0.3, -0.25) is 9.67 Å². The van der Waals surface area contributed by atoms with Crippen LogP contribution in [0.2, 0.25) is 0 Å². The molecule has 4 rings (SSSR count). The normalized spacial score (nSPS) is 14.9. The number of hydrogen-bond acceptors (Lipinski definition) is 6. The van der Waals surface area contributed by atoms with Crippen molar-refractivity contribution in [3.05, 3.63) is 64.3 Å². The highest BCUT2D eigenvalue weighted by molar-refractivity contribution is 5.48. The Bertz CT molecular complexity index is 1060. The SMILES string of the molecule is CC(C)(C)c1cc(Cn2cnc(N3CCN(c4ccc(F)cc4)CC3)nc2=O)[nH]n1. The molecule has 0 aliphatic carbocycles. The molecule has 0 spiro atoms. The third kappa shape index (κ3) is 4.34. The second-order valence-corrected chi connectivity index (χ2v) is 8.55. The highest BCUT2D eigenvalue weighted by atomic mass is 19.1. The molecule has 1 saturated heterocycles. The van der Waals surface area contributed by atoms with Gasteiger partial charge in [0.2, 0.25) is 5.95 Å². The molecule has 158 valence electrons. The van der Waals surface area contributed by atoms with Crippen LogP contribution in [-0.2, 0) is 12.0 Å². The van der Waals surface area contributed by atoms with E-state index in [9.17, 15) is 9.18 Å². The van der Waals surface area contributed by atoms with Crippen molar-refractivity contribution in [2.45, 2.75) is 32.7 Å². The molecule has 0 bridgehead atoms. The van der Waals surface area contributed by atoms with Crippen molar-refractivity contribution >= 4 is 11.6 Å². The molecule has 0 unspecified atom stereocenters. The number of hydrogen-bond donors (Lipinski definition) is 1. The van der Waals surface area contributed by atoms with E-state index in [2.05, 4.69) is 45.8 Å². The van der Waals surface area contributed by atoms with E-state index < -0.39 is 0 Å². The molecule has 2 aromatic heterocycles. The van der Waals surface area contributed by atoms with Crippen molar-refractivity contribution in [2.24, 2.45) is 0 Å². The Morgan fingerprint density at radius 1 is 1.07 bits per heavy atom. The molecule has 8 nitrogen and oxygen atoms in total. The number of rotatable bonds is 4. The monoisotopic (exact) mass is 411 g/mol. The van der Waals surface area contributed by atoms with Crippen molar-refractivity contribution < 1.29 is 4.39 Å². The van der Waals surface area contributed by atoms with Crippen LogP contribution < -0.4 is 15.5 Å². The zero-order valence-corrected chi connectivity index (χ0v) is 17.5. The van der Waals surface area contributed by atoms with Gasteiger partial charge >= 0.3 is 5.69 Å². The van der Waals surface area contributed by atoms with Crippen LogP contribution in [0.3, 0.4) is 0 Å². The summed E-state index contributed by atoms with van der Waals surface area (Å²) in [5.74, 6) is 0.200. The summed E-state index contributed by atoms with van der Waals surface area (Å²) in [6.07, 6.45) is 1.54. The lowest BCUT2D eigenvalue weighted by molar-refractivity contribution is 0.567. The van der Waals surface area contributed by atoms with Gasteiger partial charge in [-0.05, 0) is 30.3 Å². The molecule has 1 aliphatic rings. The van der Waals surface area contributed by atoms with Crippen LogP contribution in [0.1, 0.15) is 32.2 Å². The van der Waals surface area contributed by atoms with Gasteiger partial charge in [0.1, 0.15) is 12.1 Å². The van der Waals surface area contributed by atoms with Crippen molar-refractivity contribution in [2.75, 3.05) is 36.0 Å². The lowest BCUT2D eigenvalue weighted by Gasteiger charge is -2.36. The van der Waals surface area contributed by atoms with Gasteiger partial charge in [0.25, 0.3) is 0 Å². The summed E-state index contributed by atoms with van der Waals surface area (Å²) in [5, 5.41) is 7.31. The summed E-state index contributed by atoms with van der Waals surface area (Å²) in [6.45, 7) is 9.50. The van der Waals surface area contributed by atoms with Gasteiger partial charge in [0, 0.05) is 37.3 Å². The summed E-state index contributed by atoms with van der Waals surface area (Å²) in [6, 6.07) is 8.46. The van der Waals surface area contributed by atoms with Gasteiger partial charge in [-0.25, -0.2) is 14.2 Å². The highest BCUT2D eigenvalue weighted by Crippen LogP contribution is 2.21. The number of nitrogens with one attached hydrogen (secondary N) is 1. The Balaban J connectivity index is 1.40. The van der Waals surface area contributed by atoms with E-state index in [1.807, 2.05) is 11.0 Å². The first kappa shape index (κ1) is 20.1. The van der Waals surface area contributed by atoms with Crippen molar-refractivity contribution in [3.8, 4) is 0 Å². The average Bonchev–Trinajstić information content (AvgIpc) is 3.20. The van der Waals surface area contributed by atoms with E-state index in [0.717, 1.165) is 30.2 Å². The molecule has 0 radical (unpaired) electrons. The Kier molecular flexibility index (Phi) is 5.27. The molecular formula is C21H26FN7O. The van der Waals surface area contributed by atoms with Crippen molar-refractivity contribution in [1.29, 1.82) is 0 Å². The fourth-order valence-electron chi connectivity index (χ4n) is 3.44.